The molecule has 0 aliphatic heterocycles. The normalized spacial score (nSPS) is 10.2. The fraction of sp³-hybridized carbons (Fsp3) is 0. The van der Waals surface area contributed by atoms with Crippen molar-refractivity contribution in [2.45, 2.75) is 0 Å². The first kappa shape index (κ1) is 10.6. The lowest BCUT2D eigenvalue weighted by Gasteiger charge is -2.00. The second-order valence-corrected chi connectivity index (χ2v) is 3.89. The summed E-state index contributed by atoms with van der Waals surface area (Å²) in [6.45, 7) is 0. The Morgan fingerprint density at radius 1 is 0.833 bits per heavy atom. The Kier molecular flexibility index (Phi) is 2.80. The van der Waals surface area contributed by atoms with Gasteiger partial charge in [-0.2, -0.15) is 0 Å². The maximum absolute atomic E-state index is 5.65. The van der Waals surface area contributed by atoms with Crippen LogP contribution in [0.5, 0.6) is 0 Å². The maximum Gasteiger partial charge on any atom is 0.299 e. The molecule has 0 saturated carbocycles. The van der Waals surface area contributed by atoms with Crippen LogP contribution in [-0.2, 0) is 0 Å². The zero-order chi connectivity index (χ0) is 12.2. The summed E-state index contributed by atoms with van der Waals surface area (Å²) < 4.78 is 5.65. The van der Waals surface area contributed by atoms with Gasteiger partial charge in [0.1, 0.15) is 0 Å². The molecule has 0 spiro atoms. The highest BCUT2D eigenvalue weighted by Gasteiger charge is 2.05. The lowest BCUT2D eigenvalue weighted by atomic mass is 10.2. The minimum absolute atomic E-state index is 0.500. The summed E-state index contributed by atoms with van der Waals surface area (Å²) in [6.07, 6.45) is 1.72. The predicted molar refractivity (Wildman–Crippen MR) is 71.7 cm³/mol. The van der Waals surface area contributed by atoms with Crippen LogP contribution in [0.15, 0.2) is 71.3 Å². The van der Waals surface area contributed by atoms with Crippen molar-refractivity contribution < 1.29 is 4.42 Å². The van der Waals surface area contributed by atoms with Gasteiger partial charge in [-0.05, 0) is 12.1 Å². The van der Waals surface area contributed by atoms with Gasteiger partial charge in [0.15, 0.2) is 5.76 Å². The smallest absolute Gasteiger partial charge is 0.299 e. The van der Waals surface area contributed by atoms with E-state index in [1.54, 1.807) is 6.20 Å². The molecular weight excluding hydrogens is 224 g/mol. The molecule has 0 unspecified atom stereocenters. The van der Waals surface area contributed by atoms with Crippen LogP contribution in [-0.4, -0.2) is 4.98 Å². The number of rotatable bonds is 3. The van der Waals surface area contributed by atoms with Gasteiger partial charge in [0.05, 0.1) is 6.20 Å². The molecule has 0 bridgehead atoms. The lowest BCUT2D eigenvalue weighted by Crippen LogP contribution is -1.88. The highest BCUT2D eigenvalue weighted by Crippen LogP contribution is 2.23. The van der Waals surface area contributed by atoms with E-state index in [1.807, 2.05) is 60.7 Å². The molecule has 0 aliphatic rings. The monoisotopic (exact) mass is 236 g/mol. The Balaban J connectivity index is 1.82. The van der Waals surface area contributed by atoms with Gasteiger partial charge >= 0.3 is 0 Å². The van der Waals surface area contributed by atoms with Crippen LogP contribution in [0.2, 0.25) is 0 Å². The van der Waals surface area contributed by atoms with Crippen LogP contribution in [0.1, 0.15) is 0 Å². The van der Waals surface area contributed by atoms with E-state index >= 15 is 0 Å². The summed E-state index contributed by atoms with van der Waals surface area (Å²) in [5.41, 5.74) is 1.98. The van der Waals surface area contributed by atoms with E-state index in [0.717, 1.165) is 17.0 Å². The Morgan fingerprint density at radius 3 is 2.22 bits per heavy atom. The molecular formula is C15H12N2O. The summed E-state index contributed by atoms with van der Waals surface area (Å²) >= 11 is 0. The number of hydrogen-bond donors (Lipinski definition) is 1. The largest absolute Gasteiger partial charge is 0.423 e. The molecule has 1 heterocycles. The topological polar surface area (TPSA) is 38.1 Å². The van der Waals surface area contributed by atoms with Crippen molar-refractivity contribution in [2.75, 3.05) is 5.32 Å². The Morgan fingerprint density at radius 2 is 1.50 bits per heavy atom. The minimum Gasteiger partial charge on any atom is -0.423 e. The number of anilines is 2. The second-order valence-electron chi connectivity index (χ2n) is 3.89. The predicted octanol–water partition coefficient (Wildman–Crippen LogP) is 4.09. The van der Waals surface area contributed by atoms with Crippen molar-refractivity contribution >= 4 is 11.7 Å². The molecule has 0 aliphatic carbocycles. The average molecular weight is 236 g/mol. The van der Waals surface area contributed by atoms with Gasteiger partial charge in [-0.25, -0.2) is 4.98 Å². The first-order valence-corrected chi connectivity index (χ1v) is 5.75. The van der Waals surface area contributed by atoms with Crippen molar-refractivity contribution in [1.29, 1.82) is 0 Å². The Bertz CT molecular complexity index is 617. The van der Waals surface area contributed by atoms with Gasteiger partial charge in [0, 0.05) is 11.3 Å². The van der Waals surface area contributed by atoms with Gasteiger partial charge in [-0.15, -0.1) is 0 Å². The number of hydrogen-bond acceptors (Lipinski definition) is 3. The number of nitrogens with zero attached hydrogens (tertiary/aromatic N) is 1. The summed E-state index contributed by atoms with van der Waals surface area (Å²) in [4.78, 5) is 4.21. The highest BCUT2D eigenvalue weighted by atomic mass is 16.4. The van der Waals surface area contributed by atoms with Crippen molar-refractivity contribution in [2.24, 2.45) is 0 Å². The molecule has 3 heteroatoms. The lowest BCUT2D eigenvalue weighted by molar-refractivity contribution is 0.592. The summed E-state index contributed by atoms with van der Waals surface area (Å²) in [5.74, 6) is 0.758. The number of aromatic nitrogens is 1. The molecule has 0 fully saturated rings. The fourth-order valence-electron chi connectivity index (χ4n) is 1.71. The van der Waals surface area contributed by atoms with Gasteiger partial charge in [0.25, 0.3) is 6.01 Å². The Labute approximate surface area is 105 Å². The quantitative estimate of drug-likeness (QED) is 0.744. The molecule has 88 valence electrons. The van der Waals surface area contributed by atoms with Crippen LogP contribution in [0.25, 0.3) is 11.3 Å². The summed E-state index contributed by atoms with van der Waals surface area (Å²) in [6, 6.07) is 20.2. The number of oxazole rings is 1. The fourth-order valence-corrected chi connectivity index (χ4v) is 1.71. The third-order valence-electron chi connectivity index (χ3n) is 2.59. The third kappa shape index (κ3) is 2.25. The number of nitrogens with one attached hydrogen (secondary N) is 1. The van der Waals surface area contributed by atoms with Gasteiger partial charge in [-0.3, -0.25) is 0 Å². The van der Waals surface area contributed by atoms with Crippen molar-refractivity contribution in [3.63, 3.8) is 0 Å². The second kappa shape index (κ2) is 4.75. The van der Waals surface area contributed by atoms with Crippen LogP contribution in [0.3, 0.4) is 0 Å². The summed E-state index contributed by atoms with van der Waals surface area (Å²) in [7, 11) is 0. The van der Waals surface area contributed by atoms with Crippen LogP contribution in [0, 0.1) is 0 Å². The van der Waals surface area contributed by atoms with E-state index in [0.29, 0.717) is 6.01 Å². The molecule has 1 aromatic heterocycles. The molecule has 0 saturated heterocycles. The molecule has 3 aromatic rings. The molecule has 0 atom stereocenters. The molecule has 18 heavy (non-hydrogen) atoms. The molecule has 0 radical (unpaired) electrons. The molecule has 2 aromatic carbocycles. The van der Waals surface area contributed by atoms with E-state index in [4.69, 9.17) is 4.42 Å². The van der Waals surface area contributed by atoms with Crippen molar-refractivity contribution in [3.8, 4) is 11.3 Å². The van der Waals surface area contributed by atoms with Gasteiger partial charge in [0.2, 0.25) is 0 Å². The van der Waals surface area contributed by atoms with E-state index in [-0.39, 0.29) is 0 Å². The SMILES string of the molecule is c1ccc(Nc2ncc(-c3ccccc3)o2)cc1. The van der Waals surface area contributed by atoms with E-state index in [1.165, 1.54) is 0 Å². The molecule has 1 N–H and O–H groups in total. The average Bonchev–Trinajstić information content (AvgIpc) is 2.89. The van der Waals surface area contributed by atoms with Gasteiger partial charge in [-0.1, -0.05) is 48.5 Å². The Hall–Kier alpha value is -2.55. The van der Waals surface area contributed by atoms with E-state index in [9.17, 15) is 0 Å². The van der Waals surface area contributed by atoms with E-state index < -0.39 is 0 Å². The van der Waals surface area contributed by atoms with Crippen LogP contribution >= 0.6 is 0 Å². The number of benzene rings is 2. The minimum atomic E-state index is 0.500. The zero-order valence-electron chi connectivity index (χ0n) is 9.71. The van der Waals surface area contributed by atoms with E-state index in [2.05, 4.69) is 10.3 Å². The highest BCUT2D eigenvalue weighted by molar-refractivity contribution is 5.59. The van der Waals surface area contributed by atoms with Gasteiger partial charge < -0.3 is 9.73 Å². The third-order valence-corrected chi connectivity index (χ3v) is 2.59. The standard InChI is InChI=1S/C15H12N2O/c1-3-7-12(8-4-1)14-11-16-15(18-14)17-13-9-5-2-6-10-13/h1-11H,(H,16,17). The first-order valence-electron chi connectivity index (χ1n) is 5.75. The van der Waals surface area contributed by atoms with Crippen LogP contribution < -0.4 is 5.32 Å². The summed E-state index contributed by atoms with van der Waals surface area (Å²) in [5, 5.41) is 3.12. The molecule has 3 rings (SSSR count). The molecule has 3 nitrogen and oxygen atoms in total. The first-order chi connectivity index (χ1) is 8.92. The zero-order valence-corrected chi connectivity index (χ0v) is 9.71. The maximum atomic E-state index is 5.65. The van der Waals surface area contributed by atoms with Crippen molar-refractivity contribution in [1.82, 2.24) is 4.98 Å². The van der Waals surface area contributed by atoms with Crippen LogP contribution in [0.4, 0.5) is 11.7 Å². The van der Waals surface area contributed by atoms with Crippen molar-refractivity contribution in [3.05, 3.63) is 66.9 Å². The number of para-hydroxylation sites is 1. The molecule has 0 amide bonds.